The largest absolute Gasteiger partial charge is 0.499 e. The van der Waals surface area contributed by atoms with Crippen molar-refractivity contribution in [2.45, 2.75) is 0 Å². The van der Waals surface area contributed by atoms with E-state index < -0.39 is 5.97 Å². The maximum atomic E-state index is 9.98. The van der Waals surface area contributed by atoms with Crippen LogP contribution in [0.5, 0.6) is 0 Å². The van der Waals surface area contributed by atoms with Crippen LogP contribution in [0.4, 0.5) is 0 Å². The summed E-state index contributed by atoms with van der Waals surface area (Å²) in [5, 5.41) is 8.19. The second-order valence-corrected chi connectivity index (χ2v) is 2.10. The molecule has 1 N–H and O–H groups in total. The van der Waals surface area contributed by atoms with Crippen LogP contribution in [0.1, 0.15) is 0 Å². The summed E-state index contributed by atoms with van der Waals surface area (Å²) in [6.07, 6.45) is 1.34. The van der Waals surface area contributed by atoms with E-state index >= 15 is 0 Å². The molecule has 0 atom stereocenters. The van der Waals surface area contributed by atoms with E-state index in [1.165, 1.54) is 6.26 Å². The van der Waals surface area contributed by atoms with E-state index in [9.17, 15) is 4.79 Å². The first-order valence-electron chi connectivity index (χ1n) is 3.87. The van der Waals surface area contributed by atoms with Crippen LogP contribution in [0.15, 0.2) is 12.8 Å². The highest BCUT2D eigenvalue weighted by Crippen LogP contribution is 1.80. The smallest absolute Gasteiger partial charge is 0.329 e. The Bertz CT molecular complexity index is 145. The molecule has 13 heavy (non-hydrogen) atoms. The molecule has 0 aliphatic rings. The fourth-order valence-corrected chi connectivity index (χ4v) is 0.570. The Labute approximate surface area is 76.9 Å². The normalized spacial score (nSPS) is 9.54. The summed E-state index contributed by atoms with van der Waals surface area (Å²) in [6.45, 7) is 4.62. The molecule has 5 heteroatoms. The SMILES string of the molecule is C=COCCOCCOCC(=O)O. The Balaban J connectivity index is 2.91. The minimum Gasteiger partial charge on any atom is -0.499 e. The van der Waals surface area contributed by atoms with Gasteiger partial charge in [-0.1, -0.05) is 6.58 Å². The highest BCUT2D eigenvalue weighted by atomic mass is 16.5. The van der Waals surface area contributed by atoms with Crippen LogP contribution < -0.4 is 0 Å². The van der Waals surface area contributed by atoms with Gasteiger partial charge in [0, 0.05) is 0 Å². The zero-order valence-electron chi connectivity index (χ0n) is 7.40. The van der Waals surface area contributed by atoms with Crippen LogP contribution in [0, 0.1) is 0 Å². The van der Waals surface area contributed by atoms with Crippen molar-refractivity contribution in [3.8, 4) is 0 Å². The van der Waals surface area contributed by atoms with Crippen LogP contribution in [0.3, 0.4) is 0 Å². The first-order valence-corrected chi connectivity index (χ1v) is 3.87. The first kappa shape index (κ1) is 11.9. The second-order valence-electron chi connectivity index (χ2n) is 2.10. The van der Waals surface area contributed by atoms with Crippen LogP contribution in [0.25, 0.3) is 0 Å². The van der Waals surface area contributed by atoms with Gasteiger partial charge in [0.25, 0.3) is 0 Å². The maximum Gasteiger partial charge on any atom is 0.329 e. The average molecular weight is 190 g/mol. The van der Waals surface area contributed by atoms with Crippen molar-refractivity contribution in [2.24, 2.45) is 0 Å². The lowest BCUT2D eigenvalue weighted by Gasteiger charge is -2.03. The van der Waals surface area contributed by atoms with Crippen LogP contribution >= 0.6 is 0 Å². The minimum atomic E-state index is -0.977. The zero-order valence-corrected chi connectivity index (χ0v) is 7.40. The van der Waals surface area contributed by atoms with Crippen molar-refractivity contribution in [3.63, 3.8) is 0 Å². The van der Waals surface area contributed by atoms with Gasteiger partial charge >= 0.3 is 5.97 Å². The van der Waals surface area contributed by atoms with Gasteiger partial charge in [0.05, 0.1) is 26.1 Å². The third-order valence-corrected chi connectivity index (χ3v) is 1.06. The summed E-state index contributed by atoms with van der Waals surface area (Å²) < 4.78 is 14.5. The molecule has 0 aromatic carbocycles. The third-order valence-electron chi connectivity index (χ3n) is 1.06. The van der Waals surface area contributed by atoms with E-state index in [0.29, 0.717) is 19.8 Å². The molecular formula is C8H14O5. The summed E-state index contributed by atoms with van der Waals surface area (Å²) in [5.41, 5.74) is 0. The van der Waals surface area contributed by atoms with Gasteiger partial charge in [-0.15, -0.1) is 0 Å². The van der Waals surface area contributed by atoms with Crippen molar-refractivity contribution in [2.75, 3.05) is 33.0 Å². The fraction of sp³-hybridized carbons (Fsp3) is 0.625. The van der Waals surface area contributed by atoms with E-state index in [4.69, 9.17) is 19.3 Å². The molecule has 0 aromatic heterocycles. The van der Waals surface area contributed by atoms with Gasteiger partial charge in [-0.05, 0) is 0 Å². The van der Waals surface area contributed by atoms with E-state index in [1.807, 2.05) is 0 Å². The fourth-order valence-electron chi connectivity index (χ4n) is 0.570. The van der Waals surface area contributed by atoms with E-state index in [1.54, 1.807) is 0 Å². The Morgan fingerprint density at radius 2 is 1.85 bits per heavy atom. The molecule has 76 valence electrons. The van der Waals surface area contributed by atoms with Crippen molar-refractivity contribution in [1.82, 2.24) is 0 Å². The van der Waals surface area contributed by atoms with Crippen molar-refractivity contribution in [3.05, 3.63) is 12.8 Å². The predicted octanol–water partition coefficient (Wildman–Crippen LogP) is 0.264. The Morgan fingerprint density at radius 3 is 2.46 bits per heavy atom. The molecule has 0 aliphatic carbocycles. The van der Waals surface area contributed by atoms with Gasteiger partial charge in [0.1, 0.15) is 13.2 Å². The molecule has 0 unspecified atom stereocenters. The molecule has 0 radical (unpaired) electrons. The van der Waals surface area contributed by atoms with E-state index in [0.717, 1.165) is 0 Å². The van der Waals surface area contributed by atoms with E-state index in [2.05, 4.69) is 6.58 Å². The molecule has 0 rings (SSSR count). The van der Waals surface area contributed by atoms with Crippen molar-refractivity contribution in [1.29, 1.82) is 0 Å². The molecule has 0 heterocycles. The molecule has 0 fully saturated rings. The quantitative estimate of drug-likeness (QED) is 0.417. The monoisotopic (exact) mass is 190 g/mol. The van der Waals surface area contributed by atoms with Crippen LogP contribution in [0.2, 0.25) is 0 Å². The van der Waals surface area contributed by atoms with Crippen LogP contribution in [-0.2, 0) is 19.0 Å². The average Bonchev–Trinajstić information content (AvgIpc) is 2.09. The molecule has 0 saturated carbocycles. The van der Waals surface area contributed by atoms with Crippen molar-refractivity contribution >= 4 is 5.97 Å². The number of carboxylic acid groups (broad SMARTS) is 1. The number of ether oxygens (including phenoxy) is 3. The van der Waals surface area contributed by atoms with Crippen LogP contribution in [-0.4, -0.2) is 44.1 Å². The van der Waals surface area contributed by atoms with Gasteiger partial charge in [-0.3, -0.25) is 0 Å². The third kappa shape index (κ3) is 10.9. The van der Waals surface area contributed by atoms with E-state index in [-0.39, 0.29) is 13.2 Å². The summed E-state index contributed by atoms with van der Waals surface area (Å²) in [4.78, 5) is 9.98. The molecule has 0 spiro atoms. The maximum absolute atomic E-state index is 9.98. The molecule has 0 aromatic rings. The zero-order chi connectivity index (χ0) is 9.94. The Kier molecular flexibility index (Phi) is 8.28. The van der Waals surface area contributed by atoms with Gasteiger partial charge in [0.2, 0.25) is 0 Å². The van der Waals surface area contributed by atoms with Crippen molar-refractivity contribution < 1.29 is 24.1 Å². The number of carboxylic acids is 1. The topological polar surface area (TPSA) is 65.0 Å². The highest BCUT2D eigenvalue weighted by molar-refractivity contribution is 5.67. The van der Waals surface area contributed by atoms with Gasteiger partial charge in [-0.25, -0.2) is 4.79 Å². The first-order chi connectivity index (χ1) is 6.27. The standard InChI is InChI=1S/C8H14O5/c1-2-11-3-4-12-5-6-13-7-8(9)10/h2H,1,3-7H2,(H,9,10). The van der Waals surface area contributed by atoms with Gasteiger partial charge in [0.15, 0.2) is 0 Å². The Morgan fingerprint density at radius 1 is 1.23 bits per heavy atom. The number of hydrogen-bond acceptors (Lipinski definition) is 4. The molecule has 5 nitrogen and oxygen atoms in total. The molecule has 0 bridgehead atoms. The lowest BCUT2D eigenvalue weighted by atomic mass is 10.7. The number of carbonyl (C=O) groups is 1. The number of hydrogen-bond donors (Lipinski definition) is 1. The summed E-state index contributed by atoms with van der Waals surface area (Å²) in [7, 11) is 0. The van der Waals surface area contributed by atoms with Gasteiger partial charge in [-0.2, -0.15) is 0 Å². The Hall–Kier alpha value is -1.07. The molecular weight excluding hydrogens is 176 g/mol. The number of aliphatic carboxylic acids is 1. The molecule has 0 amide bonds. The number of rotatable bonds is 9. The molecule has 0 saturated heterocycles. The van der Waals surface area contributed by atoms with Gasteiger partial charge < -0.3 is 19.3 Å². The lowest BCUT2D eigenvalue weighted by Crippen LogP contribution is -2.12. The minimum absolute atomic E-state index is 0.278. The summed E-state index contributed by atoms with van der Waals surface area (Å²) >= 11 is 0. The molecule has 0 aliphatic heterocycles. The highest BCUT2D eigenvalue weighted by Gasteiger charge is 1.95. The predicted molar refractivity (Wildman–Crippen MR) is 45.4 cm³/mol. The lowest BCUT2D eigenvalue weighted by molar-refractivity contribution is -0.142. The second kappa shape index (κ2) is 9.02. The summed E-state index contributed by atoms with van der Waals surface area (Å²) in [5.74, 6) is -0.977. The summed E-state index contributed by atoms with van der Waals surface area (Å²) in [6, 6.07) is 0.